The van der Waals surface area contributed by atoms with E-state index < -0.39 is 23.2 Å². The number of nitrogens with zero attached hydrogens (tertiary/aromatic N) is 1. The zero-order chi connectivity index (χ0) is 13.4. The number of carbonyl (C=O) groups excluding carboxylic acids is 1. The van der Waals surface area contributed by atoms with Gasteiger partial charge in [-0.05, 0) is 52.6 Å². The molecule has 0 bridgehead atoms. The number of pyridine rings is 1. The molecule has 1 heterocycles. The number of methoxy groups -OCH3 is 1. The third kappa shape index (κ3) is 3.79. The first-order chi connectivity index (χ1) is 8.45. The molecule has 0 aliphatic heterocycles. The van der Waals surface area contributed by atoms with Crippen LogP contribution in [0.3, 0.4) is 0 Å². The van der Waals surface area contributed by atoms with Gasteiger partial charge >= 0.3 is 65.1 Å². The molecule has 0 saturated heterocycles. The molecule has 94 valence electrons. The van der Waals surface area contributed by atoms with Gasteiger partial charge in [0.25, 0.3) is 0 Å². The second kappa shape index (κ2) is 8.17. The molecule has 8 heteroatoms. The van der Waals surface area contributed by atoms with E-state index in [4.69, 9.17) is 0 Å². The number of hydrogen-bond donors (Lipinski definition) is 0. The number of aryl methyl sites for hydroxylation is 1. The quantitative estimate of drug-likeness (QED) is 0.271. The Morgan fingerprint density at radius 3 is 2.45 bits per heavy atom. The molecular formula is C12H8INNa2O4. The van der Waals surface area contributed by atoms with Crippen molar-refractivity contribution >= 4 is 39.5 Å². The summed E-state index contributed by atoms with van der Waals surface area (Å²) in [5, 5.41) is 24.1. The third-order valence-corrected chi connectivity index (χ3v) is 3.18. The number of hydrogen-bond acceptors (Lipinski definition) is 5. The van der Waals surface area contributed by atoms with Crippen LogP contribution in [-0.2, 0) is 4.74 Å². The van der Waals surface area contributed by atoms with E-state index >= 15 is 0 Å². The molecule has 0 unspecified atom stereocenters. The molecule has 0 amide bonds. The summed E-state index contributed by atoms with van der Waals surface area (Å²) in [5.41, 5.74) is 0.520. The van der Waals surface area contributed by atoms with Gasteiger partial charge in [0.15, 0.2) is 0 Å². The van der Waals surface area contributed by atoms with Gasteiger partial charge in [0.1, 0.15) is 0 Å². The molecule has 0 spiro atoms. The van der Waals surface area contributed by atoms with Crippen LogP contribution >= 0.6 is 22.6 Å². The Bertz CT molecular complexity index is 664. The molecule has 0 atom stereocenters. The van der Waals surface area contributed by atoms with E-state index in [1.807, 2.05) is 6.07 Å². The molecule has 0 radical (unpaired) electrons. The van der Waals surface area contributed by atoms with Crippen molar-refractivity contribution in [1.29, 1.82) is 0 Å². The number of benzene rings is 1. The van der Waals surface area contributed by atoms with Gasteiger partial charge in [-0.1, -0.05) is 5.75 Å². The number of carbonyl (C=O) groups is 1. The van der Waals surface area contributed by atoms with E-state index in [-0.39, 0.29) is 64.5 Å². The standard InChI is InChI=1S/C12H10INO4.2Na/c1-5-3-6(13)4-7-9(5)14-11(16)8(10(7)15)12(17)18-2;;/h3-4H,1-2H3,(H2,14,15,16);;/q;2*+1/p-2. The molecule has 0 fully saturated rings. The molecule has 20 heavy (non-hydrogen) atoms. The number of halogens is 1. The van der Waals surface area contributed by atoms with Crippen LogP contribution in [0.1, 0.15) is 15.9 Å². The summed E-state index contributed by atoms with van der Waals surface area (Å²) in [6, 6.07) is 3.41. The van der Waals surface area contributed by atoms with E-state index in [2.05, 4.69) is 32.3 Å². The monoisotopic (exact) mass is 403 g/mol. The smallest absolute Gasteiger partial charge is 0.871 e. The molecule has 1 aromatic heterocycles. The topological polar surface area (TPSA) is 85.3 Å². The molecule has 0 aliphatic carbocycles. The fraction of sp³-hybridized carbons (Fsp3) is 0.167. The summed E-state index contributed by atoms with van der Waals surface area (Å²) in [5.74, 6) is -2.42. The van der Waals surface area contributed by atoms with Crippen molar-refractivity contribution in [3.8, 4) is 11.6 Å². The molecular weight excluding hydrogens is 395 g/mol. The minimum atomic E-state index is -0.948. The minimum Gasteiger partial charge on any atom is -0.871 e. The second-order valence-corrected chi connectivity index (χ2v) is 4.98. The van der Waals surface area contributed by atoms with Gasteiger partial charge in [0, 0.05) is 9.45 Å². The van der Waals surface area contributed by atoms with Gasteiger partial charge in [-0.2, -0.15) is 0 Å². The van der Waals surface area contributed by atoms with Crippen LogP contribution in [0.2, 0.25) is 0 Å². The van der Waals surface area contributed by atoms with Crippen molar-refractivity contribution in [2.75, 3.05) is 7.11 Å². The van der Waals surface area contributed by atoms with Gasteiger partial charge in [0.05, 0.1) is 18.2 Å². The van der Waals surface area contributed by atoms with Gasteiger partial charge in [-0.15, -0.1) is 0 Å². The van der Waals surface area contributed by atoms with Crippen molar-refractivity contribution in [2.45, 2.75) is 6.92 Å². The van der Waals surface area contributed by atoms with Crippen LogP contribution in [-0.4, -0.2) is 18.1 Å². The number of rotatable bonds is 1. The Balaban J connectivity index is 0.00000180. The maximum absolute atomic E-state index is 12.1. The van der Waals surface area contributed by atoms with Crippen molar-refractivity contribution in [2.24, 2.45) is 0 Å². The van der Waals surface area contributed by atoms with Crippen molar-refractivity contribution in [1.82, 2.24) is 4.98 Å². The predicted octanol–water partition coefficient (Wildman–Crippen LogP) is -4.91. The number of esters is 1. The van der Waals surface area contributed by atoms with Gasteiger partial charge < -0.3 is 14.9 Å². The van der Waals surface area contributed by atoms with Crippen molar-refractivity contribution in [3.63, 3.8) is 0 Å². The SMILES string of the molecule is COC(=O)c1c([O-])nc2c(C)cc(I)cc2c1[O-].[Na+].[Na+]. The van der Waals surface area contributed by atoms with Crippen LogP contribution in [0.15, 0.2) is 12.1 Å². The Labute approximate surface area is 173 Å². The fourth-order valence-electron chi connectivity index (χ4n) is 1.73. The summed E-state index contributed by atoms with van der Waals surface area (Å²) >= 11 is 2.06. The Kier molecular flexibility index (Phi) is 8.34. The molecule has 5 nitrogen and oxygen atoms in total. The zero-order valence-electron chi connectivity index (χ0n) is 11.6. The van der Waals surface area contributed by atoms with Gasteiger partial charge in [-0.25, -0.2) is 4.79 Å². The van der Waals surface area contributed by atoms with E-state index in [1.54, 1.807) is 13.0 Å². The summed E-state index contributed by atoms with van der Waals surface area (Å²) in [4.78, 5) is 15.2. The van der Waals surface area contributed by atoms with Crippen LogP contribution < -0.4 is 69.3 Å². The van der Waals surface area contributed by atoms with Crippen LogP contribution in [0.5, 0.6) is 11.6 Å². The normalized spacial score (nSPS) is 9.55. The van der Waals surface area contributed by atoms with E-state index in [0.717, 1.165) is 16.2 Å². The fourth-order valence-corrected chi connectivity index (χ4v) is 2.51. The summed E-state index contributed by atoms with van der Waals surface area (Å²) in [7, 11) is 1.12. The minimum absolute atomic E-state index is 0. The summed E-state index contributed by atoms with van der Waals surface area (Å²) in [6.07, 6.45) is 0. The Morgan fingerprint density at radius 2 is 1.90 bits per heavy atom. The van der Waals surface area contributed by atoms with Crippen molar-refractivity contribution < 1.29 is 78.9 Å². The van der Waals surface area contributed by atoms with Gasteiger partial charge in [-0.3, -0.25) is 4.98 Å². The first-order valence-electron chi connectivity index (χ1n) is 5.02. The first-order valence-corrected chi connectivity index (χ1v) is 6.09. The van der Waals surface area contributed by atoms with Crippen LogP contribution in [0.4, 0.5) is 0 Å². The Morgan fingerprint density at radius 1 is 1.30 bits per heavy atom. The first kappa shape index (κ1) is 20.4. The number of fused-ring (bicyclic) bond motifs is 1. The van der Waals surface area contributed by atoms with Crippen LogP contribution in [0.25, 0.3) is 10.9 Å². The average molecular weight is 403 g/mol. The van der Waals surface area contributed by atoms with Crippen LogP contribution in [0, 0.1) is 10.5 Å². The molecule has 0 saturated carbocycles. The average Bonchev–Trinajstić information content (AvgIpc) is 2.30. The molecule has 0 aliphatic rings. The van der Waals surface area contributed by atoms with E-state index in [9.17, 15) is 15.0 Å². The third-order valence-electron chi connectivity index (χ3n) is 2.55. The predicted molar refractivity (Wildman–Crippen MR) is 69.4 cm³/mol. The zero-order valence-corrected chi connectivity index (χ0v) is 17.8. The maximum Gasteiger partial charge on any atom is 1.00 e. The van der Waals surface area contributed by atoms with Gasteiger partial charge in [0.2, 0.25) is 0 Å². The Hall–Kier alpha value is 0.430. The van der Waals surface area contributed by atoms with E-state index in [1.165, 1.54) is 0 Å². The van der Waals surface area contributed by atoms with Crippen molar-refractivity contribution in [3.05, 3.63) is 26.8 Å². The van der Waals surface area contributed by atoms with E-state index in [0.29, 0.717) is 5.52 Å². The number of aromatic nitrogens is 1. The maximum atomic E-state index is 12.1. The molecule has 2 rings (SSSR count). The summed E-state index contributed by atoms with van der Waals surface area (Å²) in [6.45, 7) is 1.76. The number of ether oxygens (including phenoxy) is 1. The molecule has 1 aromatic carbocycles. The largest absolute Gasteiger partial charge is 1.00 e. The molecule has 0 N–H and O–H groups in total. The summed E-state index contributed by atoms with van der Waals surface area (Å²) < 4.78 is 5.27. The molecule has 2 aromatic rings. The second-order valence-electron chi connectivity index (χ2n) is 3.73.